The highest BCUT2D eigenvalue weighted by Gasteiger charge is 2.20. The van der Waals surface area contributed by atoms with E-state index < -0.39 is 30.1 Å². The predicted octanol–water partition coefficient (Wildman–Crippen LogP) is 3.78. The summed E-state index contributed by atoms with van der Waals surface area (Å²) in [4.78, 5) is 49.6. The molecule has 16 heteroatoms. The van der Waals surface area contributed by atoms with Gasteiger partial charge in [0.25, 0.3) is 6.26 Å². The maximum absolute atomic E-state index is 12.2. The van der Waals surface area contributed by atoms with Gasteiger partial charge in [-0.3, -0.25) is 4.79 Å². The van der Waals surface area contributed by atoms with Gasteiger partial charge in [-0.15, -0.1) is 0 Å². The summed E-state index contributed by atoms with van der Waals surface area (Å²) >= 11 is 0. The Morgan fingerprint density at radius 1 is 0.673 bits per heavy atom. The van der Waals surface area contributed by atoms with Gasteiger partial charge in [0.1, 0.15) is 18.8 Å². The highest BCUT2D eigenvalue weighted by atomic mass is 16.6. The molecule has 0 amide bonds. The predicted molar refractivity (Wildman–Crippen MR) is 187 cm³/mol. The molecule has 0 rings (SSSR count). The maximum atomic E-state index is 12.2. The molecule has 52 heavy (non-hydrogen) atoms. The lowest BCUT2D eigenvalue weighted by Crippen LogP contribution is -2.28. The van der Waals surface area contributed by atoms with Crippen molar-refractivity contribution in [1.29, 1.82) is 5.26 Å². The van der Waals surface area contributed by atoms with Gasteiger partial charge < -0.3 is 47.4 Å². The molecular weight excluding hydrogens is 684 g/mol. The second-order valence-electron chi connectivity index (χ2n) is 12.3. The van der Waals surface area contributed by atoms with Crippen LogP contribution < -0.4 is 0 Å². The first kappa shape index (κ1) is 48.6. The maximum Gasteiger partial charge on any atom is 0.331 e. The molecule has 298 valence electrons. The van der Waals surface area contributed by atoms with Crippen molar-refractivity contribution in [3.05, 3.63) is 12.7 Å². The molecular formula is C36H60N2O14. The van der Waals surface area contributed by atoms with E-state index in [4.69, 9.17) is 47.9 Å². The van der Waals surface area contributed by atoms with Crippen LogP contribution in [-0.2, 0) is 66.5 Å². The minimum absolute atomic E-state index is 0.0301. The molecule has 16 nitrogen and oxygen atoms in total. The standard InChI is InChI=1S/C36H60N2O14/c1-8-34(40)51-31(6)23-49-29(4)21-47-27(2)19-43-16-12-17-44-20-28(3)48-22-30(5)50-24-32(7)52-35(41)14-11-18-46-36(42)33(38-26-39)13-9-10-15-45-25-37/h8,27-33H,1,9-24H2,2-7H3. The zero-order valence-electron chi connectivity index (χ0n) is 31.7. The summed E-state index contributed by atoms with van der Waals surface area (Å²) in [5.74, 6) is -1.61. The van der Waals surface area contributed by atoms with Crippen LogP contribution in [0.4, 0.5) is 0 Å². The van der Waals surface area contributed by atoms with Gasteiger partial charge in [-0.1, -0.05) is 6.58 Å². The third-order valence-corrected chi connectivity index (χ3v) is 6.85. The quantitative estimate of drug-likeness (QED) is 0.0175. The molecule has 0 fully saturated rings. The van der Waals surface area contributed by atoms with Crippen LogP contribution in [0.1, 0.15) is 80.1 Å². The number of carbonyl (C=O) groups is 3. The van der Waals surface area contributed by atoms with Crippen LogP contribution in [-0.4, -0.2) is 133 Å². The summed E-state index contributed by atoms with van der Waals surface area (Å²) < 4.78 is 54.4. The van der Waals surface area contributed by atoms with E-state index in [1.807, 2.05) is 27.7 Å². The van der Waals surface area contributed by atoms with E-state index in [1.54, 1.807) is 20.1 Å². The lowest BCUT2D eigenvalue weighted by atomic mass is 10.1. The average molecular weight is 745 g/mol. The van der Waals surface area contributed by atoms with Gasteiger partial charge in [0.15, 0.2) is 6.04 Å². The van der Waals surface area contributed by atoms with Crippen molar-refractivity contribution in [2.24, 2.45) is 4.99 Å². The van der Waals surface area contributed by atoms with E-state index in [0.29, 0.717) is 52.5 Å². The monoisotopic (exact) mass is 744 g/mol. The van der Waals surface area contributed by atoms with Crippen LogP contribution in [0.25, 0.3) is 0 Å². The number of unbranched alkanes of at least 4 members (excludes halogenated alkanes) is 1. The third-order valence-electron chi connectivity index (χ3n) is 6.85. The molecule has 0 N–H and O–H groups in total. The van der Waals surface area contributed by atoms with Crippen LogP contribution in [0.15, 0.2) is 17.6 Å². The van der Waals surface area contributed by atoms with Crippen molar-refractivity contribution in [3.8, 4) is 6.26 Å². The molecule has 0 radical (unpaired) electrons. The first-order valence-electron chi connectivity index (χ1n) is 17.8. The van der Waals surface area contributed by atoms with Gasteiger partial charge in [-0.05, 0) is 73.6 Å². The third kappa shape index (κ3) is 29.2. The number of esters is 3. The first-order chi connectivity index (χ1) is 24.9. The van der Waals surface area contributed by atoms with Crippen molar-refractivity contribution in [2.75, 3.05) is 66.1 Å². The largest absolute Gasteiger partial charge is 0.464 e. The molecule has 0 saturated heterocycles. The molecule has 7 atom stereocenters. The summed E-state index contributed by atoms with van der Waals surface area (Å²) in [6, 6.07) is -0.986. The number of aliphatic imine (C=N–C) groups is 1. The zero-order chi connectivity index (χ0) is 39.0. The van der Waals surface area contributed by atoms with Gasteiger partial charge in [0.05, 0.1) is 70.7 Å². The number of isocyanates is 1. The Labute approximate surface area is 308 Å². The fraction of sp³-hybridized carbons (Fsp3) is 0.806. The number of hydrogen-bond acceptors (Lipinski definition) is 16. The van der Waals surface area contributed by atoms with Crippen molar-refractivity contribution in [1.82, 2.24) is 0 Å². The molecule has 0 heterocycles. The highest BCUT2D eigenvalue weighted by molar-refractivity contribution is 5.81. The van der Waals surface area contributed by atoms with Crippen molar-refractivity contribution in [3.63, 3.8) is 0 Å². The van der Waals surface area contributed by atoms with Gasteiger partial charge in [-0.2, -0.15) is 10.3 Å². The molecule has 0 saturated carbocycles. The summed E-state index contributed by atoms with van der Waals surface area (Å²) in [6.45, 7) is 17.7. The van der Waals surface area contributed by atoms with Crippen LogP contribution >= 0.6 is 0 Å². The average Bonchev–Trinajstić information content (AvgIpc) is 3.11. The zero-order valence-corrected chi connectivity index (χ0v) is 31.7. The smallest absolute Gasteiger partial charge is 0.331 e. The van der Waals surface area contributed by atoms with E-state index >= 15 is 0 Å². The van der Waals surface area contributed by atoms with E-state index in [9.17, 15) is 19.2 Å². The summed E-state index contributed by atoms with van der Waals surface area (Å²) in [5, 5.41) is 8.36. The van der Waals surface area contributed by atoms with Crippen LogP contribution in [0, 0.1) is 11.5 Å². The second kappa shape index (κ2) is 32.2. The Morgan fingerprint density at radius 3 is 1.71 bits per heavy atom. The Bertz CT molecular complexity index is 1060. The van der Waals surface area contributed by atoms with Crippen molar-refractivity contribution >= 4 is 24.0 Å². The number of ether oxygens (including phenoxy) is 10. The van der Waals surface area contributed by atoms with E-state index in [1.165, 1.54) is 6.08 Å². The molecule has 0 bridgehead atoms. The number of hydrogen-bond donors (Lipinski definition) is 0. The molecule has 0 aliphatic carbocycles. The Balaban J connectivity index is 3.89. The van der Waals surface area contributed by atoms with Crippen LogP contribution in [0.3, 0.4) is 0 Å². The van der Waals surface area contributed by atoms with Crippen molar-refractivity contribution in [2.45, 2.75) is 123 Å². The molecule has 0 aliphatic rings. The van der Waals surface area contributed by atoms with Crippen LogP contribution in [0.2, 0.25) is 0 Å². The second-order valence-corrected chi connectivity index (χ2v) is 12.3. The molecule has 0 aromatic heterocycles. The lowest BCUT2D eigenvalue weighted by molar-refractivity contribution is -0.154. The fourth-order valence-corrected chi connectivity index (χ4v) is 4.09. The van der Waals surface area contributed by atoms with Gasteiger partial charge in [0.2, 0.25) is 6.08 Å². The fourth-order valence-electron chi connectivity index (χ4n) is 4.09. The summed E-state index contributed by atoms with van der Waals surface area (Å²) in [6.07, 6.45) is 4.83. The van der Waals surface area contributed by atoms with Gasteiger partial charge in [0, 0.05) is 25.7 Å². The minimum Gasteiger partial charge on any atom is -0.464 e. The van der Waals surface area contributed by atoms with Gasteiger partial charge in [-0.25, -0.2) is 14.4 Å². The Kier molecular flexibility index (Phi) is 30.1. The molecule has 0 aliphatic heterocycles. The van der Waals surface area contributed by atoms with E-state index in [-0.39, 0.29) is 76.2 Å². The van der Waals surface area contributed by atoms with Gasteiger partial charge >= 0.3 is 17.9 Å². The first-order valence-corrected chi connectivity index (χ1v) is 17.8. The lowest BCUT2D eigenvalue weighted by Gasteiger charge is -2.20. The van der Waals surface area contributed by atoms with Crippen molar-refractivity contribution < 1.29 is 66.5 Å². The molecule has 0 aromatic carbocycles. The van der Waals surface area contributed by atoms with E-state index in [2.05, 4.69) is 16.3 Å². The number of carbonyl (C=O) groups excluding carboxylic acids is 4. The highest BCUT2D eigenvalue weighted by Crippen LogP contribution is 2.09. The van der Waals surface area contributed by atoms with Crippen LogP contribution in [0.5, 0.6) is 0 Å². The minimum atomic E-state index is -0.986. The summed E-state index contributed by atoms with van der Waals surface area (Å²) in [7, 11) is 0. The topological polar surface area (TPSA) is 197 Å². The number of nitriles is 1. The Morgan fingerprint density at radius 2 is 1.19 bits per heavy atom. The van der Waals surface area contributed by atoms with E-state index in [0.717, 1.165) is 12.5 Å². The number of rotatable bonds is 34. The molecule has 0 aromatic rings. The summed E-state index contributed by atoms with van der Waals surface area (Å²) in [5.41, 5.74) is 0. The molecule has 7 unspecified atom stereocenters. The normalized spacial score (nSPS) is 15.0. The number of nitrogens with zero attached hydrogens (tertiary/aromatic N) is 2. The Hall–Kier alpha value is -3.42. The SMILES string of the molecule is C=CC(=O)OC(C)COC(C)COC(C)COCCCOCC(C)OCC(C)OCC(C)OC(=O)CCCOC(=O)C(CCCCOC#N)N=C=O. The molecule has 0 spiro atoms.